The molecule has 0 saturated heterocycles. The predicted octanol–water partition coefficient (Wildman–Crippen LogP) is 3.54. The Bertz CT molecular complexity index is 612. The number of benzene rings is 2. The number of hydrogen-bond acceptors (Lipinski definition) is 2. The van der Waals surface area contributed by atoms with E-state index in [0.717, 1.165) is 10.6 Å². The van der Waals surface area contributed by atoms with Gasteiger partial charge in [-0.3, -0.25) is 4.79 Å². The SMILES string of the molecule is O=C1Nc2ccccc2Sc2cc(F)ccc21. The fraction of sp³-hybridized carbons (Fsp3) is 0. The van der Waals surface area contributed by atoms with Crippen molar-refractivity contribution in [3.63, 3.8) is 0 Å². The molecule has 1 aliphatic heterocycles. The zero-order valence-corrected chi connectivity index (χ0v) is 9.55. The van der Waals surface area contributed by atoms with Crippen LogP contribution < -0.4 is 5.32 Å². The smallest absolute Gasteiger partial charge is 0.256 e. The third-order valence-corrected chi connectivity index (χ3v) is 3.68. The van der Waals surface area contributed by atoms with Crippen molar-refractivity contribution in [3.8, 4) is 0 Å². The highest BCUT2D eigenvalue weighted by Crippen LogP contribution is 2.38. The number of carbonyl (C=O) groups excluding carboxylic acids is 1. The van der Waals surface area contributed by atoms with Crippen LogP contribution in [0.5, 0.6) is 0 Å². The van der Waals surface area contributed by atoms with Crippen LogP contribution in [-0.4, -0.2) is 5.91 Å². The second kappa shape index (κ2) is 3.89. The van der Waals surface area contributed by atoms with Gasteiger partial charge in [-0.1, -0.05) is 23.9 Å². The summed E-state index contributed by atoms with van der Waals surface area (Å²) in [6.45, 7) is 0. The maximum Gasteiger partial charge on any atom is 0.256 e. The van der Waals surface area contributed by atoms with Gasteiger partial charge in [0.25, 0.3) is 5.91 Å². The van der Waals surface area contributed by atoms with Gasteiger partial charge in [0.15, 0.2) is 0 Å². The second-order valence-electron chi connectivity index (χ2n) is 3.69. The van der Waals surface area contributed by atoms with Crippen LogP contribution in [-0.2, 0) is 0 Å². The largest absolute Gasteiger partial charge is 0.321 e. The molecule has 0 fully saturated rings. The molecule has 17 heavy (non-hydrogen) atoms. The molecule has 1 aliphatic rings. The summed E-state index contributed by atoms with van der Waals surface area (Å²) in [6, 6.07) is 11.7. The summed E-state index contributed by atoms with van der Waals surface area (Å²) in [6.07, 6.45) is 0. The first-order valence-electron chi connectivity index (χ1n) is 5.12. The molecule has 1 N–H and O–H groups in total. The molecule has 0 saturated carbocycles. The minimum absolute atomic E-state index is 0.197. The van der Waals surface area contributed by atoms with E-state index in [1.807, 2.05) is 24.3 Å². The lowest BCUT2D eigenvalue weighted by Crippen LogP contribution is -2.11. The van der Waals surface area contributed by atoms with Gasteiger partial charge in [-0.05, 0) is 30.3 Å². The van der Waals surface area contributed by atoms with Crippen LogP contribution in [0, 0.1) is 5.82 Å². The van der Waals surface area contributed by atoms with Crippen molar-refractivity contribution in [3.05, 3.63) is 53.8 Å². The van der Waals surface area contributed by atoms with Crippen molar-refractivity contribution < 1.29 is 9.18 Å². The van der Waals surface area contributed by atoms with E-state index in [9.17, 15) is 9.18 Å². The molecule has 0 spiro atoms. The summed E-state index contributed by atoms with van der Waals surface area (Å²) in [5.74, 6) is -0.527. The van der Waals surface area contributed by atoms with Crippen LogP contribution in [0.15, 0.2) is 52.3 Å². The molecule has 84 valence electrons. The van der Waals surface area contributed by atoms with E-state index in [2.05, 4.69) is 5.32 Å². The maximum absolute atomic E-state index is 13.2. The Hall–Kier alpha value is -1.81. The van der Waals surface area contributed by atoms with Gasteiger partial charge in [0.1, 0.15) is 5.82 Å². The summed E-state index contributed by atoms with van der Waals surface area (Å²) >= 11 is 1.40. The minimum Gasteiger partial charge on any atom is -0.321 e. The number of halogens is 1. The van der Waals surface area contributed by atoms with Crippen molar-refractivity contribution in [1.82, 2.24) is 0 Å². The van der Waals surface area contributed by atoms with Gasteiger partial charge in [-0.25, -0.2) is 4.39 Å². The first-order valence-corrected chi connectivity index (χ1v) is 5.93. The highest BCUT2D eigenvalue weighted by molar-refractivity contribution is 7.99. The molecule has 2 aromatic rings. The van der Waals surface area contributed by atoms with Gasteiger partial charge in [0, 0.05) is 9.79 Å². The van der Waals surface area contributed by atoms with Crippen LogP contribution in [0.4, 0.5) is 10.1 Å². The van der Waals surface area contributed by atoms with E-state index in [4.69, 9.17) is 0 Å². The van der Waals surface area contributed by atoms with Crippen molar-refractivity contribution in [2.75, 3.05) is 5.32 Å². The highest BCUT2D eigenvalue weighted by atomic mass is 32.2. The molecule has 0 atom stereocenters. The molecule has 0 aromatic heterocycles. The van der Waals surface area contributed by atoms with Crippen LogP contribution in [0.25, 0.3) is 0 Å². The van der Waals surface area contributed by atoms with Gasteiger partial charge in [-0.2, -0.15) is 0 Å². The van der Waals surface area contributed by atoms with Gasteiger partial charge < -0.3 is 5.32 Å². The van der Waals surface area contributed by atoms with E-state index in [-0.39, 0.29) is 11.7 Å². The van der Waals surface area contributed by atoms with Crippen molar-refractivity contribution in [1.29, 1.82) is 0 Å². The normalized spacial score (nSPS) is 13.4. The lowest BCUT2D eigenvalue weighted by atomic mass is 10.2. The zero-order chi connectivity index (χ0) is 11.8. The van der Waals surface area contributed by atoms with E-state index in [0.29, 0.717) is 10.5 Å². The summed E-state index contributed by atoms with van der Waals surface area (Å²) in [5, 5.41) is 2.82. The second-order valence-corrected chi connectivity index (χ2v) is 4.78. The first-order chi connectivity index (χ1) is 8.24. The minimum atomic E-state index is -0.330. The molecule has 4 heteroatoms. The average Bonchev–Trinajstić information content (AvgIpc) is 2.44. The van der Waals surface area contributed by atoms with Crippen LogP contribution >= 0.6 is 11.8 Å². The van der Waals surface area contributed by atoms with Gasteiger partial charge in [0.05, 0.1) is 11.3 Å². The summed E-state index contributed by atoms with van der Waals surface area (Å²) < 4.78 is 13.2. The molecule has 2 nitrogen and oxygen atoms in total. The fourth-order valence-electron chi connectivity index (χ4n) is 1.74. The Morgan fingerprint density at radius 3 is 2.76 bits per heavy atom. The number of amides is 1. The summed E-state index contributed by atoms with van der Waals surface area (Å²) in [4.78, 5) is 13.5. The molecular weight excluding hydrogens is 237 g/mol. The third kappa shape index (κ3) is 1.80. The maximum atomic E-state index is 13.2. The van der Waals surface area contributed by atoms with Crippen LogP contribution in [0.2, 0.25) is 0 Å². The third-order valence-electron chi connectivity index (χ3n) is 2.54. The highest BCUT2D eigenvalue weighted by Gasteiger charge is 2.19. The monoisotopic (exact) mass is 245 g/mol. The lowest BCUT2D eigenvalue weighted by molar-refractivity contribution is 0.102. The number of fused-ring (bicyclic) bond motifs is 2. The zero-order valence-electron chi connectivity index (χ0n) is 8.74. The number of rotatable bonds is 0. The predicted molar refractivity (Wildman–Crippen MR) is 64.9 cm³/mol. The van der Waals surface area contributed by atoms with E-state index in [1.54, 1.807) is 0 Å². The summed E-state index contributed by atoms with van der Waals surface area (Å²) in [7, 11) is 0. The van der Waals surface area contributed by atoms with Gasteiger partial charge in [0.2, 0.25) is 0 Å². The average molecular weight is 245 g/mol. The number of carbonyl (C=O) groups is 1. The van der Waals surface area contributed by atoms with Crippen molar-refractivity contribution >= 4 is 23.4 Å². The molecule has 0 radical (unpaired) electrons. The topological polar surface area (TPSA) is 29.1 Å². The van der Waals surface area contributed by atoms with Crippen LogP contribution in [0.3, 0.4) is 0 Å². The number of hydrogen-bond donors (Lipinski definition) is 1. The van der Waals surface area contributed by atoms with E-state index >= 15 is 0 Å². The number of nitrogens with one attached hydrogen (secondary N) is 1. The molecule has 1 amide bonds. The van der Waals surface area contributed by atoms with E-state index in [1.165, 1.54) is 30.0 Å². The Morgan fingerprint density at radius 1 is 1.06 bits per heavy atom. The quantitative estimate of drug-likeness (QED) is 0.769. The molecule has 0 bridgehead atoms. The Labute approximate surface area is 102 Å². The Kier molecular flexibility index (Phi) is 2.37. The Morgan fingerprint density at radius 2 is 1.88 bits per heavy atom. The first kappa shape index (κ1) is 10.4. The number of para-hydroxylation sites is 1. The molecule has 0 aliphatic carbocycles. The number of anilines is 1. The van der Waals surface area contributed by atoms with E-state index < -0.39 is 0 Å². The molecule has 2 aromatic carbocycles. The molecule has 0 unspecified atom stereocenters. The molecule has 3 rings (SSSR count). The van der Waals surface area contributed by atoms with Crippen molar-refractivity contribution in [2.24, 2.45) is 0 Å². The lowest BCUT2D eigenvalue weighted by Gasteiger charge is -2.03. The van der Waals surface area contributed by atoms with Crippen LogP contribution in [0.1, 0.15) is 10.4 Å². The Balaban J connectivity index is 2.18. The fourth-order valence-corrected chi connectivity index (χ4v) is 2.79. The molecule has 1 heterocycles. The standard InChI is InChI=1S/C13H8FNOS/c14-8-5-6-9-12(7-8)17-11-4-2-1-3-10(11)15-13(9)16/h1-7H,(H,15,16). The summed E-state index contributed by atoms with van der Waals surface area (Å²) in [5.41, 5.74) is 1.27. The van der Waals surface area contributed by atoms with Crippen molar-refractivity contribution in [2.45, 2.75) is 9.79 Å². The van der Waals surface area contributed by atoms with Gasteiger partial charge in [-0.15, -0.1) is 0 Å². The molecular formula is C13H8FNOS. The van der Waals surface area contributed by atoms with Gasteiger partial charge >= 0.3 is 0 Å².